The van der Waals surface area contributed by atoms with Crippen LogP contribution in [0.25, 0.3) is 0 Å². The van der Waals surface area contributed by atoms with Crippen LogP contribution in [0.15, 0.2) is 0 Å². The maximum atomic E-state index is 5.98. The lowest BCUT2D eigenvalue weighted by atomic mass is 10.2. The van der Waals surface area contributed by atoms with Gasteiger partial charge in [-0.05, 0) is 51.4 Å². The first-order chi connectivity index (χ1) is 8.75. The predicted octanol–water partition coefficient (Wildman–Crippen LogP) is 4.66. The van der Waals surface area contributed by atoms with Gasteiger partial charge in [0.2, 0.25) is 0 Å². The average Bonchev–Trinajstić information content (AvgIpc) is 3.06. The van der Waals surface area contributed by atoms with Gasteiger partial charge in [0.05, 0.1) is 12.2 Å². The van der Waals surface area contributed by atoms with E-state index in [1.54, 1.807) is 0 Å². The van der Waals surface area contributed by atoms with E-state index >= 15 is 0 Å². The van der Waals surface area contributed by atoms with Crippen molar-refractivity contribution in [2.75, 3.05) is 0 Å². The minimum Gasteiger partial charge on any atom is -0.485 e. The summed E-state index contributed by atoms with van der Waals surface area (Å²) in [7, 11) is 0. The van der Waals surface area contributed by atoms with Gasteiger partial charge in [-0.15, -0.1) is 0 Å². The molecule has 4 heteroatoms. The van der Waals surface area contributed by atoms with Crippen molar-refractivity contribution in [2.45, 2.75) is 63.6 Å². The molecule has 18 heavy (non-hydrogen) atoms. The van der Waals surface area contributed by atoms with E-state index in [-0.39, 0.29) is 0 Å². The molecule has 1 aromatic rings. The summed E-state index contributed by atoms with van der Waals surface area (Å²) in [5.74, 6) is 1.54. The van der Waals surface area contributed by atoms with E-state index < -0.39 is 0 Å². The quantitative estimate of drug-likeness (QED) is 0.747. The summed E-state index contributed by atoms with van der Waals surface area (Å²) in [6.07, 6.45) is 10.2. The van der Waals surface area contributed by atoms with Crippen LogP contribution in [-0.2, 0) is 0 Å². The van der Waals surface area contributed by atoms with E-state index in [0.717, 1.165) is 37.2 Å². The van der Waals surface area contributed by atoms with Gasteiger partial charge in [0, 0.05) is 0 Å². The molecule has 0 unspecified atom stereocenters. The molecule has 0 saturated heterocycles. The molecule has 0 spiro atoms. The van der Waals surface area contributed by atoms with E-state index in [2.05, 4.69) is 0 Å². The Morgan fingerprint density at radius 1 is 0.667 bits per heavy atom. The Morgan fingerprint density at radius 2 is 1.00 bits per heavy atom. The smallest absolute Gasteiger partial charge is 0.182 e. The summed E-state index contributed by atoms with van der Waals surface area (Å²) >= 11 is 10.6. The molecule has 3 rings (SSSR count). The molecule has 2 saturated carbocycles. The zero-order valence-corrected chi connectivity index (χ0v) is 12.1. The molecule has 2 nitrogen and oxygen atoms in total. The fourth-order valence-electron chi connectivity index (χ4n) is 2.91. The van der Waals surface area contributed by atoms with Crippen molar-refractivity contribution in [1.82, 2.24) is 0 Å². The molecule has 0 radical (unpaired) electrons. The second-order valence-electron chi connectivity index (χ2n) is 5.37. The fraction of sp³-hybridized carbons (Fsp3) is 0.714. The standard InChI is InChI=1S/C14H18O2S2/c17-13-11(15-9-5-1-2-6-9)12(14(13)18)16-10-7-3-4-8-10/h9-10H,1-8H2. The Labute approximate surface area is 118 Å². The van der Waals surface area contributed by atoms with E-state index in [0.29, 0.717) is 21.2 Å². The minimum absolute atomic E-state index is 0.322. The van der Waals surface area contributed by atoms with Crippen LogP contribution in [0.4, 0.5) is 0 Å². The molecule has 0 amide bonds. The minimum atomic E-state index is 0.322. The third-order valence-corrected chi connectivity index (χ3v) is 4.91. The maximum absolute atomic E-state index is 5.98. The normalized spacial score (nSPS) is 21.8. The van der Waals surface area contributed by atoms with Gasteiger partial charge in [0.1, 0.15) is 9.02 Å². The molecule has 0 aromatic heterocycles. The van der Waals surface area contributed by atoms with Crippen LogP contribution in [0.2, 0.25) is 0 Å². The Bertz CT molecular complexity index is 444. The number of hydrogen-bond acceptors (Lipinski definition) is 4. The Hall–Kier alpha value is -0.480. The number of rotatable bonds is 4. The van der Waals surface area contributed by atoms with Gasteiger partial charge in [-0.2, -0.15) is 0 Å². The second kappa shape index (κ2) is 5.25. The van der Waals surface area contributed by atoms with Crippen molar-refractivity contribution in [1.29, 1.82) is 0 Å². The van der Waals surface area contributed by atoms with Gasteiger partial charge >= 0.3 is 0 Å². The van der Waals surface area contributed by atoms with Crippen molar-refractivity contribution in [3.63, 3.8) is 0 Å². The summed E-state index contributed by atoms with van der Waals surface area (Å²) in [6, 6.07) is 0. The van der Waals surface area contributed by atoms with Gasteiger partial charge < -0.3 is 9.47 Å². The van der Waals surface area contributed by atoms with Gasteiger partial charge in [0.15, 0.2) is 11.5 Å². The second-order valence-corrected chi connectivity index (χ2v) is 6.18. The van der Waals surface area contributed by atoms with Crippen molar-refractivity contribution < 1.29 is 9.47 Å². The van der Waals surface area contributed by atoms with Crippen LogP contribution in [0.5, 0.6) is 11.5 Å². The molecular weight excluding hydrogens is 264 g/mol. The first kappa shape index (κ1) is 12.5. The summed E-state index contributed by atoms with van der Waals surface area (Å²) in [5.41, 5.74) is 0. The first-order valence-corrected chi connectivity index (χ1v) is 7.74. The van der Waals surface area contributed by atoms with E-state index in [4.69, 9.17) is 33.9 Å². The molecule has 0 atom stereocenters. The monoisotopic (exact) mass is 282 g/mol. The molecule has 2 fully saturated rings. The Morgan fingerprint density at radius 3 is 1.33 bits per heavy atom. The highest BCUT2D eigenvalue weighted by molar-refractivity contribution is 7.74. The lowest BCUT2D eigenvalue weighted by Crippen LogP contribution is -2.17. The molecule has 98 valence electrons. The summed E-state index contributed by atoms with van der Waals surface area (Å²) in [6.45, 7) is 0. The molecule has 2 aliphatic carbocycles. The van der Waals surface area contributed by atoms with E-state index in [1.165, 1.54) is 25.7 Å². The van der Waals surface area contributed by atoms with Crippen molar-refractivity contribution in [3.8, 4) is 11.5 Å². The lowest BCUT2D eigenvalue weighted by Gasteiger charge is -2.22. The van der Waals surface area contributed by atoms with Crippen LogP contribution in [0, 0.1) is 9.02 Å². The van der Waals surface area contributed by atoms with E-state index in [9.17, 15) is 0 Å². The maximum Gasteiger partial charge on any atom is 0.182 e. The topological polar surface area (TPSA) is 18.5 Å². The van der Waals surface area contributed by atoms with Gasteiger partial charge in [-0.3, -0.25) is 0 Å². The molecule has 0 aliphatic heterocycles. The van der Waals surface area contributed by atoms with Crippen LogP contribution < -0.4 is 9.47 Å². The van der Waals surface area contributed by atoms with Crippen molar-refractivity contribution in [2.24, 2.45) is 0 Å². The highest BCUT2D eigenvalue weighted by atomic mass is 32.1. The third kappa shape index (κ3) is 2.32. The zero-order valence-electron chi connectivity index (χ0n) is 10.4. The lowest BCUT2D eigenvalue weighted by molar-refractivity contribution is 0.164. The van der Waals surface area contributed by atoms with Gasteiger partial charge in [0.25, 0.3) is 0 Å². The molecule has 0 bridgehead atoms. The highest BCUT2D eigenvalue weighted by Crippen LogP contribution is 2.41. The SMILES string of the molecule is S=c1c(OC2CCCC2)c(OC2CCCC2)c1=S. The summed E-state index contributed by atoms with van der Waals surface area (Å²) < 4.78 is 13.4. The highest BCUT2D eigenvalue weighted by Gasteiger charge is 2.27. The van der Waals surface area contributed by atoms with Gasteiger partial charge in [-0.1, -0.05) is 24.4 Å². The summed E-state index contributed by atoms with van der Waals surface area (Å²) in [5, 5.41) is 0. The number of hydrogen-bond donors (Lipinski definition) is 0. The zero-order chi connectivity index (χ0) is 12.5. The van der Waals surface area contributed by atoms with Crippen molar-refractivity contribution in [3.05, 3.63) is 9.02 Å². The summed E-state index contributed by atoms with van der Waals surface area (Å²) in [4.78, 5) is 0. The van der Waals surface area contributed by atoms with Crippen molar-refractivity contribution >= 4 is 24.4 Å². The Kier molecular flexibility index (Phi) is 3.66. The molecule has 0 N–H and O–H groups in total. The number of ether oxygens (including phenoxy) is 2. The molecule has 1 aromatic carbocycles. The largest absolute Gasteiger partial charge is 0.485 e. The van der Waals surface area contributed by atoms with E-state index in [1.807, 2.05) is 0 Å². The first-order valence-electron chi connectivity index (χ1n) is 6.92. The Balaban J connectivity index is 1.71. The van der Waals surface area contributed by atoms with Crippen LogP contribution >= 0.6 is 24.4 Å². The molecule has 0 heterocycles. The van der Waals surface area contributed by atoms with Crippen LogP contribution in [0.3, 0.4) is 0 Å². The molecular formula is C14H18O2S2. The van der Waals surface area contributed by atoms with Crippen LogP contribution in [0.1, 0.15) is 51.4 Å². The average molecular weight is 282 g/mol. The molecule has 2 aliphatic rings. The fourth-order valence-corrected chi connectivity index (χ4v) is 3.38. The van der Waals surface area contributed by atoms with Gasteiger partial charge in [-0.25, -0.2) is 0 Å². The third-order valence-electron chi connectivity index (χ3n) is 4.00. The predicted molar refractivity (Wildman–Crippen MR) is 76.3 cm³/mol. The van der Waals surface area contributed by atoms with Crippen LogP contribution in [-0.4, -0.2) is 12.2 Å².